The van der Waals surface area contributed by atoms with Crippen molar-refractivity contribution >= 4 is 27.5 Å². The van der Waals surface area contributed by atoms with Crippen molar-refractivity contribution in [3.8, 4) is 0 Å². The predicted octanol–water partition coefficient (Wildman–Crippen LogP) is 3.28. The lowest BCUT2D eigenvalue weighted by atomic mass is 9.71. The smallest absolute Gasteiger partial charge is 0.404 e. The second kappa shape index (κ2) is 9.63. The first-order chi connectivity index (χ1) is 12.5. The molecule has 152 valence electrons. The van der Waals surface area contributed by atoms with E-state index in [0.29, 0.717) is 12.1 Å². The van der Waals surface area contributed by atoms with E-state index in [2.05, 4.69) is 25.9 Å². The number of hydrogen-bond donors (Lipinski definition) is 2. The fourth-order valence-electron chi connectivity index (χ4n) is 3.47. The summed E-state index contributed by atoms with van der Waals surface area (Å²) in [5.41, 5.74) is 4.60. The van der Waals surface area contributed by atoms with Crippen LogP contribution in [0.15, 0.2) is 28.5 Å². The van der Waals surface area contributed by atoms with Crippen LogP contribution in [0.25, 0.3) is 0 Å². The number of nitrogens with two attached hydrogens (primary N) is 1. The molecular weight excluding hydrogens is 382 g/mol. The summed E-state index contributed by atoms with van der Waals surface area (Å²) in [6, 6.07) is 0. The first-order valence-electron chi connectivity index (χ1n) is 8.31. The van der Waals surface area contributed by atoms with Crippen molar-refractivity contribution in [1.29, 1.82) is 0 Å². The minimum Gasteiger partial charge on any atom is -0.446 e. The van der Waals surface area contributed by atoms with Crippen molar-refractivity contribution in [2.75, 3.05) is 0 Å². The topological polar surface area (TPSA) is 119 Å². The number of carbonyl (C=O) groups excluding carboxylic acids is 1. The van der Waals surface area contributed by atoms with Crippen molar-refractivity contribution in [2.24, 2.45) is 22.2 Å². The molecular formula is C17H24F2N2O5S. The van der Waals surface area contributed by atoms with Gasteiger partial charge in [0.2, 0.25) is 10.3 Å². The zero-order valence-corrected chi connectivity index (χ0v) is 16.2. The second-order valence-electron chi connectivity index (χ2n) is 7.36. The van der Waals surface area contributed by atoms with Crippen molar-refractivity contribution < 1.29 is 31.9 Å². The SMILES string of the molecule is CC1CC(OC(N)=O)CC(C)(C)C1.O=S(=O)=C1CC=C(F)C(C=NO)=C1F. The molecule has 7 nitrogen and oxygen atoms in total. The third kappa shape index (κ3) is 7.12. The van der Waals surface area contributed by atoms with E-state index in [1.807, 2.05) is 0 Å². The Balaban J connectivity index is 0.000000271. The van der Waals surface area contributed by atoms with Crippen LogP contribution in [-0.2, 0) is 15.0 Å². The molecule has 27 heavy (non-hydrogen) atoms. The molecule has 0 bridgehead atoms. The third-order valence-corrected chi connectivity index (χ3v) is 4.97. The number of ether oxygens (including phenoxy) is 1. The summed E-state index contributed by atoms with van der Waals surface area (Å²) in [5.74, 6) is -1.56. The molecule has 2 aliphatic rings. The average Bonchev–Trinajstić information content (AvgIpc) is 2.48. The van der Waals surface area contributed by atoms with Gasteiger partial charge in [0.1, 0.15) is 16.8 Å². The Morgan fingerprint density at radius 2 is 2.04 bits per heavy atom. The van der Waals surface area contributed by atoms with Gasteiger partial charge in [-0.25, -0.2) is 13.6 Å². The molecule has 1 saturated carbocycles. The Kier molecular flexibility index (Phi) is 8.14. The van der Waals surface area contributed by atoms with Gasteiger partial charge in [-0.3, -0.25) is 0 Å². The van der Waals surface area contributed by atoms with Crippen LogP contribution in [0.1, 0.15) is 46.5 Å². The van der Waals surface area contributed by atoms with Crippen LogP contribution < -0.4 is 5.73 Å². The number of primary amides is 1. The normalized spacial score (nSPS) is 24.8. The van der Waals surface area contributed by atoms with E-state index in [1.54, 1.807) is 0 Å². The maximum Gasteiger partial charge on any atom is 0.404 e. The van der Waals surface area contributed by atoms with Gasteiger partial charge in [0, 0.05) is 6.42 Å². The molecule has 0 saturated heterocycles. The highest BCUT2D eigenvalue weighted by Gasteiger charge is 2.33. The molecule has 1 amide bonds. The fraction of sp³-hybridized carbons (Fsp3) is 0.588. The largest absolute Gasteiger partial charge is 0.446 e. The Bertz CT molecular complexity index is 792. The molecule has 2 rings (SSSR count). The molecule has 0 aromatic carbocycles. The molecule has 1 fully saturated rings. The lowest BCUT2D eigenvalue weighted by molar-refractivity contribution is 0.0230. The maximum atomic E-state index is 13.2. The van der Waals surface area contributed by atoms with E-state index in [9.17, 15) is 22.0 Å². The third-order valence-electron chi connectivity index (χ3n) is 4.22. The highest BCUT2D eigenvalue weighted by molar-refractivity contribution is 7.73. The standard InChI is InChI=1S/C10H19NO2.C7H5F2NO3S/c1-7-4-8(13-9(11)12)6-10(2,3)5-7;8-5-1-2-6(14(12)13)7(9)4(5)3-10-11/h7-8H,4-6H2,1-3H3,(H2,11,12);1,3,11H,2H2. The number of rotatable bonds is 2. The summed E-state index contributed by atoms with van der Waals surface area (Å²) in [4.78, 5) is 10.0. The van der Waals surface area contributed by atoms with Crippen LogP contribution in [0.5, 0.6) is 0 Å². The van der Waals surface area contributed by atoms with Crippen molar-refractivity contribution in [3.63, 3.8) is 0 Å². The van der Waals surface area contributed by atoms with Gasteiger partial charge >= 0.3 is 6.09 Å². The highest BCUT2D eigenvalue weighted by Crippen LogP contribution is 2.39. The highest BCUT2D eigenvalue weighted by atomic mass is 32.2. The number of allylic oxidation sites excluding steroid dienone is 4. The molecule has 2 unspecified atom stereocenters. The van der Waals surface area contributed by atoms with E-state index >= 15 is 0 Å². The van der Waals surface area contributed by atoms with Gasteiger partial charge < -0.3 is 15.7 Å². The van der Waals surface area contributed by atoms with Gasteiger partial charge in [-0.05, 0) is 36.7 Å². The Hall–Kier alpha value is -2.23. The summed E-state index contributed by atoms with van der Waals surface area (Å²) in [6.45, 7) is 6.61. The Labute approximate surface area is 158 Å². The van der Waals surface area contributed by atoms with E-state index in [4.69, 9.17) is 15.7 Å². The second-order valence-corrected chi connectivity index (χ2v) is 8.32. The number of hydrogen-bond acceptors (Lipinski definition) is 6. The van der Waals surface area contributed by atoms with E-state index < -0.39 is 38.5 Å². The van der Waals surface area contributed by atoms with Crippen molar-refractivity contribution in [3.05, 3.63) is 23.3 Å². The Morgan fingerprint density at radius 1 is 1.41 bits per heavy atom. The summed E-state index contributed by atoms with van der Waals surface area (Å²) in [6.07, 6.45) is 3.53. The summed E-state index contributed by atoms with van der Waals surface area (Å²) < 4.78 is 52.0. The summed E-state index contributed by atoms with van der Waals surface area (Å²) in [7, 11) is -2.74. The van der Waals surface area contributed by atoms with Gasteiger partial charge in [0.25, 0.3) is 0 Å². The molecule has 0 aromatic rings. The van der Waals surface area contributed by atoms with Crippen LogP contribution in [-0.4, -0.2) is 36.9 Å². The van der Waals surface area contributed by atoms with Crippen molar-refractivity contribution in [1.82, 2.24) is 0 Å². The average molecular weight is 406 g/mol. The number of amides is 1. The zero-order valence-electron chi connectivity index (χ0n) is 15.4. The zero-order chi connectivity index (χ0) is 20.8. The van der Waals surface area contributed by atoms with Crippen LogP contribution in [0, 0.1) is 11.3 Å². The van der Waals surface area contributed by atoms with E-state index in [1.165, 1.54) is 6.42 Å². The van der Waals surface area contributed by atoms with Crippen LogP contribution in [0.4, 0.5) is 13.6 Å². The predicted molar refractivity (Wildman–Crippen MR) is 97.4 cm³/mol. The molecule has 0 radical (unpaired) electrons. The van der Waals surface area contributed by atoms with Gasteiger partial charge in [-0.1, -0.05) is 25.9 Å². The van der Waals surface area contributed by atoms with Gasteiger partial charge in [-0.2, -0.15) is 8.42 Å². The molecule has 0 spiro atoms. The molecule has 0 heterocycles. The van der Waals surface area contributed by atoms with Gasteiger partial charge in [0.05, 0.1) is 11.8 Å². The molecule has 2 atom stereocenters. The van der Waals surface area contributed by atoms with Crippen LogP contribution >= 0.6 is 0 Å². The summed E-state index contributed by atoms with van der Waals surface area (Å²) in [5, 5.41) is 10.5. The number of carbonyl (C=O) groups is 1. The molecule has 0 aromatic heterocycles. The first kappa shape index (κ1) is 22.8. The fourth-order valence-corrected chi connectivity index (χ4v) is 3.94. The minimum atomic E-state index is -2.74. The van der Waals surface area contributed by atoms with Crippen LogP contribution in [0.2, 0.25) is 0 Å². The molecule has 2 aliphatic carbocycles. The quantitative estimate of drug-likeness (QED) is 0.316. The first-order valence-corrected chi connectivity index (χ1v) is 9.39. The van der Waals surface area contributed by atoms with Gasteiger partial charge in [-0.15, -0.1) is 0 Å². The van der Waals surface area contributed by atoms with E-state index in [0.717, 1.165) is 18.9 Å². The van der Waals surface area contributed by atoms with Crippen molar-refractivity contribution in [2.45, 2.75) is 52.6 Å². The number of nitrogens with zero attached hydrogens (tertiary/aromatic N) is 1. The number of oxime groups is 1. The Morgan fingerprint density at radius 3 is 2.52 bits per heavy atom. The molecule has 0 aliphatic heterocycles. The maximum absolute atomic E-state index is 13.2. The molecule has 10 heteroatoms. The monoisotopic (exact) mass is 406 g/mol. The lowest BCUT2D eigenvalue weighted by Gasteiger charge is -2.38. The van der Waals surface area contributed by atoms with Crippen LogP contribution in [0.3, 0.4) is 0 Å². The summed E-state index contributed by atoms with van der Waals surface area (Å²) >= 11 is 0. The van der Waals surface area contributed by atoms with E-state index in [-0.39, 0.29) is 17.9 Å². The molecule has 3 N–H and O–H groups in total. The van der Waals surface area contributed by atoms with Gasteiger partial charge in [0.15, 0.2) is 5.83 Å². The lowest BCUT2D eigenvalue weighted by Crippen LogP contribution is -2.35. The minimum absolute atomic E-state index is 0.0243. The number of halogens is 2.